The fourth-order valence-electron chi connectivity index (χ4n) is 0.946. The minimum absolute atomic E-state index is 0.359. The summed E-state index contributed by atoms with van der Waals surface area (Å²) in [6.07, 6.45) is 0. The maximum absolute atomic E-state index is 12.1. The summed E-state index contributed by atoms with van der Waals surface area (Å²) >= 11 is 5.10. The number of anilines is 1. The van der Waals surface area contributed by atoms with Crippen molar-refractivity contribution >= 4 is 32.6 Å². The summed E-state index contributed by atoms with van der Waals surface area (Å²) in [6, 6.07) is 4.70. The molecule has 0 fully saturated rings. The summed E-state index contributed by atoms with van der Waals surface area (Å²) < 4.78 is 59.1. The third-order valence-corrected chi connectivity index (χ3v) is 2.99. The molecule has 1 rings (SSSR count). The van der Waals surface area contributed by atoms with Crippen molar-refractivity contribution in [2.45, 2.75) is 5.51 Å². The van der Waals surface area contributed by atoms with Crippen LogP contribution in [0.15, 0.2) is 24.3 Å². The quantitative estimate of drug-likeness (QED) is 0.868. The number of carbonyl (C=O) groups is 1. The zero-order valence-corrected chi connectivity index (χ0v) is 9.53. The van der Waals surface area contributed by atoms with Gasteiger partial charge in [0.15, 0.2) is 0 Å². The Balaban J connectivity index is 3.18. The third-order valence-electron chi connectivity index (χ3n) is 1.69. The molecule has 1 aromatic carbocycles. The van der Waals surface area contributed by atoms with Gasteiger partial charge in [-0.25, -0.2) is 0 Å². The van der Waals surface area contributed by atoms with Gasteiger partial charge in [0.1, 0.15) is 0 Å². The summed E-state index contributed by atoms with van der Waals surface area (Å²) in [5, 5.41) is -1.06. The second kappa shape index (κ2) is 4.53. The predicted octanol–water partition coefficient (Wildman–Crippen LogP) is 2.33. The van der Waals surface area contributed by atoms with E-state index in [0.29, 0.717) is 0 Å². The molecule has 4 nitrogen and oxygen atoms in total. The van der Waals surface area contributed by atoms with Crippen molar-refractivity contribution in [3.05, 3.63) is 29.8 Å². The Labute approximate surface area is 99.4 Å². The van der Waals surface area contributed by atoms with Crippen LogP contribution in [0.2, 0.25) is 0 Å². The number of nitrogens with one attached hydrogen (secondary N) is 1. The summed E-state index contributed by atoms with van der Waals surface area (Å²) in [6.45, 7) is 0. The molecule has 0 aliphatic heterocycles. The number of carbonyl (C=O) groups excluding carboxylic acids is 1. The molecule has 0 amide bonds. The largest absolute Gasteiger partial charge is 0.516 e. The van der Waals surface area contributed by atoms with Crippen LogP contribution >= 0.6 is 11.6 Å². The number of para-hydroxylation sites is 1. The van der Waals surface area contributed by atoms with Crippen LogP contribution in [0.5, 0.6) is 0 Å². The first-order valence-corrected chi connectivity index (χ1v) is 5.89. The van der Waals surface area contributed by atoms with Crippen molar-refractivity contribution < 1.29 is 26.4 Å². The van der Waals surface area contributed by atoms with Gasteiger partial charge in [0.05, 0.1) is 11.3 Å². The van der Waals surface area contributed by atoms with Crippen molar-refractivity contribution in [1.29, 1.82) is 0 Å². The molecule has 1 N–H and O–H groups in total. The van der Waals surface area contributed by atoms with E-state index in [-0.39, 0.29) is 5.56 Å². The predicted molar refractivity (Wildman–Crippen MR) is 55.2 cm³/mol. The van der Waals surface area contributed by atoms with E-state index in [0.717, 1.165) is 12.1 Å². The Morgan fingerprint density at radius 3 is 2.24 bits per heavy atom. The van der Waals surface area contributed by atoms with Gasteiger partial charge in [-0.05, 0) is 23.7 Å². The Morgan fingerprint density at radius 2 is 1.76 bits per heavy atom. The van der Waals surface area contributed by atoms with E-state index < -0.39 is 26.5 Å². The minimum Gasteiger partial charge on any atom is -0.276 e. The average Bonchev–Trinajstić information content (AvgIpc) is 2.15. The second-order valence-corrected chi connectivity index (χ2v) is 4.89. The van der Waals surface area contributed by atoms with Gasteiger partial charge in [-0.15, -0.1) is 0 Å². The minimum atomic E-state index is -5.57. The van der Waals surface area contributed by atoms with E-state index in [2.05, 4.69) is 0 Å². The molecule has 0 spiro atoms. The van der Waals surface area contributed by atoms with Crippen molar-refractivity contribution in [3.8, 4) is 0 Å². The van der Waals surface area contributed by atoms with Crippen LogP contribution in [0, 0.1) is 0 Å². The number of rotatable bonds is 3. The molecule has 0 saturated heterocycles. The molecule has 0 aliphatic carbocycles. The van der Waals surface area contributed by atoms with Gasteiger partial charge < -0.3 is 0 Å². The lowest BCUT2D eigenvalue weighted by Crippen LogP contribution is -2.30. The van der Waals surface area contributed by atoms with Crippen LogP contribution in [0.25, 0.3) is 0 Å². The molecule has 9 heteroatoms. The number of sulfonamides is 1. The molecule has 0 radical (unpaired) electrons. The lowest BCUT2D eigenvalue weighted by atomic mass is 10.2. The second-order valence-electron chi connectivity index (χ2n) is 2.87. The monoisotopic (exact) mass is 287 g/mol. The van der Waals surface area contributed by atoms with E-state index in [4.69, 9.17) is 11.6 Å². The molecule has 0 aromatic heterocycles. The Bertz CT molecular complexity index is 541. The topological polar surface area (TPSA) is 63.2 Å². The van der Waals surface area contributed by atoms with E-state index in [9.17, 15) is 26.4 Å². The van der Waals surface area contributed by atoms with E-state index in [1.54, 1.807) is 0 Å². The first-order valence-electron chi connectivity index (χ1n) is 4.03. The number of benzene rings is 1. The van der Waals surface area contributed by atoms with Crippen LogP contribution in [0.4, 0.5) is 18.9 Å². The number of alkyl halides is 3. The van der Waals surface area contributed by atoms with Crippen molar-refractivity contribution in [3.63, 3.8) is 0 Å². The zero-order valence-electron chi connectivity index (χ0n) is 7.95. The van der Waals surface area contributed by atoms with Crippen molar-refractivity contribution in [1.82, 2.24) is 0 Å². The van der Waals surface area contributed by atoms with Gasteiger partial charge in [-0.2, -0.15) is 21.6 Å². The highest BCUT2D eigenvalue weighted by atomic mass is 35.5. The Hall–Kier alpha value is -1.28. The fourth-order valence-corrected chi connectivity index (χ4v) is 1.69. The fraction of sp³-hybridized carbons (Fsp3) is 0.125. The molecule has 0 heterocycles. The van der Waals surface area contributed by atoms with E-state index >= 15 is 0 Å². The van der Waals surface area contributed by atoms with Crippen LogP contribution in [-0.2, 0) is 10.0 Å². The maximum Gasteiger partial charge on any atom is 0.516 e. The average molecular weight is 288 g/mol. The van der Waals surface area contributed by atoms with Crippen LogP contribution in [0.3, 0.4) is 0 Å². The lowest BCUT2D eigenvalue weighted by molar-refractivity contribution is -0.0429. The van der Waals surface area contributed by atoms with Crippen LogP contribution < -0.4 is 4.72 Å². The number of hydrogen-bond acceptors (Lipinski definition) is 3. The van der Waals surface area contributed by atoms with Gasteiger partial charge in [0, 0.05) is 0 Å². The van der Waals surface area contributed by atoms with Crippen LogP contribution in [-0.4, -0.2) is 19.2 Å². The molecule has 17 heavy (non-hydrogen) atoms. The van der Waals surface area contributed by atoms with Crippen LogP contribution in [0.1, 0.15) is 10.4 Å². The normalized spacial score (nSPS) is 12.2. The molecule has 0 bridgehead atoms. The summed E-state index contributed by atoms with van der Waals surface area (Å²) in [7, 11) is -5.57. The molecule has 0 saturated carbocycles. The van der Waals surface area contributed by atoms with Gasteiger partial charge in [0.2, 0.25) is 0 Å². The summed E-state index contributed by atoms with van der Waals surface area (Å²) in [5.41, 5.74) is -6.35. The van der Waals surface area contributed by atoms with Gasteiger partial charge in [0.25, 0.3) is 5.24 Å². The van der Waals surface area contributed by atoms with Gasteiger partial charge in [-0.1, -0.05) is 12.1 Å². The first-order chi connectivity index (χ1) is 7.65. The van der Waals surface area contributed by atoms with Gasteiger partial charge in [-0.3, -0.25) is 9.52 Å². The smallest absolute Gasteiger partial charge is 0.276 e. The van der Waals surface area contributed by atoms with Gasteiger partial charge >= 0.3 is 15.5 Å². The highest BCUT2D eigenvalue weighted by Crippen LogP contribution is 2.27. The zero-order chi connectivity index (χ0) is 13.3. The third kappa shape index (κ3) is 3.10. The first kappa shape index (κ1) is 13.8. The Morgan fingerprint density at radius 1 is 1.24 bits per heavy atom. The van der Waals surface area contributed by atoms with E-state index in [1.165, 1.54) is 16.9 Å². The standard InChI is InChI=1S/C8H5ClF3NO3S/c9-7(14)5-3-1-2-4-6(5)13-17(15,16)8(10,11)12/h1-4,13H. The molecule has 0 aliphatic rings. The summed E-state index contributed by atoms with van der Waals surface area (Å²) in [5.74, 6) is 0. The van der Waals surface area contributed by atoms with Crippen molar-refractivity contribution in [2.24, 2.45) is 0 Å². The SMILES string of the molecule is O=C(Cl)c1ccccc1NS(=O)(=O)C(F)(F)F. The number of halogens is 4. The Kier molecular flexibility index (Phi) is 3.68. The molecule has 94 valence electrons. The molecular weight excluding hydrogens is 283 g/mol. The highest BCUT2D eigenvalue weighted by molar-refractivity contribution is 7.93. The highest BCUT2D eigenvalue weighted by Gasteiger charge is 2.46. The summed E-state index contributed by atoms with van der Waals surface area (Å²) in [4.78, 5) is 10.9. The molecule has 0 atom stereocenters. The molecule has 0 unspecified atom stereocenters. The molecule has 1 aromatic rings. The molecular formula is C8H5ClF3NO3S. The number of hydrogen-bond donors (Lipinski definition) is 1. The lowest BCUT2D eigenvalue weighted by Gasteiger charge is -2.12. The van der Waals surface area contributed by atoms with E-state index in [1.807, 2.05) is 0 Å². The van der Waals surface area contributed by atoms with Crippen molar-refractivity contribution in [2.75, 3.05) is 4.72 Å². The maximum atomic E-state index is 12.1.